The summed E-state index contributed by atoms with van der Waals surface area (Å²) in [7, 11) is 2.20. The maximum absolute atomic E-state index is 2.38. The standard InChI is InChI=1S/C16H18N/c1-12-6-3-4-8-14(12)16-11-10-13-7-5-9-15(13)17(16)2/h3-4,6,8,10-11H,5,7,9H2,1-2H3/q+1. The van der Waals surface area contributed by atoms with Crippen molar-refractivity contribution in [1.29, 1.82) is 0 Å². The summed E-state index contributed by atoms with van der Waals surface area (Å²) < 4.78 is 2.38. The Kier molecular flexibility index (Phi) is 2.47. The molecule has 0 amide bonds. The van der Waals surface area contributed by atoms with E-state index in [4.69, 9.17) is 0 Å². The van der Waals surface area contributed by atoms with Crippen LogP contribution in [0.5, 0.6) is 0 Å². The highest BCUT2D eigenvalue weighted by Gasteiger charge is 2.23. The molecule has 3 rings (SSSR count). The second-order valence-corrected chi connectivity index (χ2v) is 4.92. The fourth-order valence-electron chi connectivity index (χ4n) is 2.88. The lowest BCUT2D eigenvalue weighted by Gasteiger charge is -2.07. The van der Waals surface area contributed by atoms with Crippen molar-refractivity contribution >= 4 is 0 Å². The molecule has 1 aliphatic carbocycles. The van der Waals surface area contributed by atoms with Crippen molar-refractivity contribution in [2.45, 2.75) is 26.2 Å². The van der Waals surface area contributed by atoms with Gasteiger partial charge in [0.25, 0.3) is 0 Å². The first-order valence-corrected chi connectivity index (χ1v) is 6.34. The highest BCUT2D eigenvalue weighted by Crippen LogP contribution is 2.24. The molecule has 0 unspecified atom stereocenters. The van der Waals surface area contributed by atoms with Crippen molar-refractivity contribution in [2.75, 3.05) is 0 Å². The minimum atomic E-state index is 1.23. The first-order valence-electron chi connectivity index (χ1n) is 6.34. The van der Waals surface area contributed by atoms with Gasteiger partial charge in [-0.15, -0.1) is 0 Å². The summed E-state index contributed by atoms with van der Waals surface area (Å²) in [6.07, 6.45) is 3.78. The van der Waals surface area contributed by atoms with Gasteiger partial charge in [-0.05, 0) is 37.5 Å². The third kappa shape index (κ3) is 1.66. The lowest BCUT2D eigenvalue weighted by molar-refractivity contribution is -0.667. The Morgan fingerprint density at radius 2 is 1.82 bits per heavy atom. The molecule has 1 aromatic heterocycles. The Morgan fingerprint density at radius 3 is 2.65 bits per heavy atom. The minimum Gasteiger partial charge on any atom is -0.198 e. The van der Waals surface area contributed by atoms with Gasteiger partial charge in [0.15, 0.2) is 5.69 Å². The lowest BCUT2D eigenvalue weighted by atomic mass is 10.0. The fraction of sp³-hybridized carbons (Fsp3) is 0.312. The van der Waals surface area contributed by atoms with Crippen molar-refractivity contribution in [1.82, 2.24) is 0 Å². The van der Waals surface area contributed by atoms with Crippen LogP contribution in [0, 0.1) is 6.92 Å². The van der Waals surface area contributed by atoms with Crippen LogP contribution in [0.25, 0.3) is 11.3 Å². The third-order valence-corrected chi connectivity index (χ3v) is 3.86. The zero-order valence-corrected chi connectivity index (χ0v) is 10.5. The highest BCUT2D eigenvalue weighted by molar-refractivity contribution is 5.61. The number of rotatable bonds is 1. The molecule has 0 fully saturated rings. The number of benzene rings is 1. The number of fused-ring (bicyclic) bond motifs is 1. The quantitative estimate of drug-likeness (QED) is 0.656. The van der Waals surface area contributed by atoms with Crippen molar-refractivity contribution in [2.24, 2.45) is 7.05 Å². The predicted molar refractivity (Wildman–Crippen MR) is 69.8 cm³/mol. The molecule has 1 aliphatic rings. The number of nitrogens with zero attached hydrogens (tertiary/aromatic N) is 1. The summed E-state index contributed by atoms with van der Waals surface area (Å²) >= 11 is 0. The lowest BCUT2D eigenvalue weighted by Crippen LogP contribution is -2.36. The van der Waals surface area contributed by atoms with Gasteiger partial charge < -0.3 is 0 Å². The van der Waals surface area contributed by atoms with E-state index in [1.165, 1.54) is 47.3 Å². The van der Waals surface area contributed by atoms with Crippen LogP contribution in [-0.4, -0.2) is 0 Å². The van der Waals surface area contributed by atoms with Gasteiger partial charge in [0.1, 0.15) is 7.05 Å². The fourth-order valence-corrected chi connectivity index (χ4v) is 2.88. The molecular weight excluding hydrogens is 206 g/mol. The van der Waals surface area contributed by atoms with Gasteiger partial charge in [0, 0.05) is 23.6 Å². The molecule has 0 spiro atoms. The Hall–Kier alpha value is -1.63. The first kappa shape index (κ1) is 10.5. The van der Waals surface area contributed by atoms with Crippen molar-refractivity contribution in [3.05, 3.63) is 53.2 Å². The van der Waals surface area contributed by atoms with Gasteiger partial charge in [-0.25, -0.2) is 0 Å². The average Bonchev–Trinajstić information content (AvgIpc) is 2.80. The van der Waals surface area contributed by atoms with E-state index in [9.17, 15) is 0 Å². The van der Waals surface area contributed by atoms with Gasteiger partial charge in [-0.3, -0.25) is 0 Å². The SMILES string of the molecule is Cc1ccccc1-c1ccc2c([n+]1C)CCC2. The van der Waals surface area contributed by atoms with Gasteiger partial charge in [0.2, 0.25) is 5.69 Å². The smallest absolute Gasteiger partial charge is 0.198 e. The zero-order valence-electron chi connectivity index (χ0n) is 10.5. The Balaban J connectivity index is 2.20. The van der Waals surface area contributed by atoms with E-state index in [1.54, 1.807) is 0 Å². The van der Waals surface area contributed by atoms with Crippen LogP contribution in [0.3, 0.4) is 0 Å². The Labute approximate surface area is 103 Å². The molecule has 1 nitrogen and oxygen atoms in total. The van der Waals surface area contributed by atoms with Crippen molar-refractivity contribution in [3.8, 4) is 11.3 Å². The number of hydrogen-bond donors (Lipinski definition) is 0. The van der Waals surface area contributed by atoms with E-state index in [2.05, 4.69) is 54.9 Å². The molecule has 1 aromatic carbocycles. The summed E-state index contributed by atoms with van der Waals surface area (Å²) in [4.78, 5) is 0. The van der Waals surface area contributed by atoms with Crippen LogP contribution in [0.2, 0.25) is 0 Å². The molecule has 0 N–H and O–H groups in total. The highest BCUT2D eigenvalue weighted by atomic mass is 15.0. The molecule has 1 heterocycles. The second kappa shape index (κ2) is 3.99. The van der Waals surface area contributed by atoms with Gasteiger partial charge in [0.05, 0.1) is 0 Å². The van der Waals surface area contributed by atoms with Crippen molar-refractivity contribution < 1.29 is 4.57 Å². The van der Waals surface area contributed by atoms with Gasteiger partial charge >= 0.3 is 0 Å². The molecule has 17 heavy (non-hydrogen) atoms. The molecule has 2 aromatic rings. The molecule has 0 saturated heterocycles. The monoisotopic (exact) mass is 224 g/mol. The largest absolute Gasteiger partial charge is 0.212 e. The maximum atomic E-state index is 2.38. The zero-order chi connectivity index (χ0) is 11.8. The normalized spacial score (nSPS) is 13.8. The van der Waals surface area contributed by atoms with Crippen LogP contribution in [0.1, 0.15) is 23.2 Å². The van der Waals surface area contributed by atoms with Crippen LogP contribution in [0.4, 0.5) is 0 Å². The number of hydrogen-bond acceptors (Lipinski definition) is 0. The van der Waals surface area contributed by atoms with E-state index in [0.717, 1.165) is 0 Å². The maximum Gasteiger partial charge on any atom is 0.212 e. The van der Waals surface area contributed by atoms with Crippen LogP contribution < -0.4 is 4.57 Å². The Bertz CT molecular complexity index is 570. The summed E-state index contributed by atoms with van der Waals surface area (Å²) in [6.45, 7) is 2.18. The van der Waals surface area contributed by atoms with E-state index < -0.39 is 0 Å². The van der Waals surface area contributed by atoms with Gasteiger partial charge in [-0.2, -0.15) is 4.57 Å². The van der Waals surface area contributed by atoms with E-state index >= 15 is 0 Å². The average molecular weight is 224 g/mol. The summed E-state index contributed by atoms with van der Waals surface area (Å²) in [5.41, 5.74) is 7.09. The van der Waals surface area contributed by atoms with Crippen LogP contribution in [0.15, 0.2) is 36.4 Å². The first-order chi connectivity index (χ1) is 8.27. The third-order valence-electron chi connectivity index (χ3n) is 3.86. The van der Waals surface area contributed by atoms with Crippen LogP contribution >= 0.6 is 0 Å². The molecule has 1 heteroatoms. The second-order valence-electron chi connectivity index (χ2n) is 4.92. The summed E-state index contributed by atoms with van der Waals surface area (Å²) in [5.74, 6) is 0. The molecule has 0 bridgehead atoms. The number of pyridine rings is 1. The molecular formula is C16H18N+. The molecule has 0 atom stereocenters. The van der Waals surface area contributed by atoms with E-state index in [0.29, 0.717) is 0 Å². The molecule has 0 saturated carbocycles. The number of aromatic nitrogens is 1. The topological polar surface area (TPSA) is 3.88 Å². The molecule has 0 aliphatic heterocycles. The molecule has 86 valence electrons. The number of aryl methyl sites for hydroxylation is 2. The Morgan fingerprint density at radius 1 is 1.00 bits per heavy atom. The van der Waals surface area contributed by atoms with E-state index in [-0.39, 0.29) is 0 Å². The molecule has 0 radical (unpaired) electrons. The predicted octanol–water partition coefficient (Wildman–Crippen LogP) is 2.98. The summed E-state index contributed by atoms with van der Waals surface area (Å²) in [6, 6.07) is 13.2. The summed E-state index contributed by atoms with van der Waals surface area (Å²) in [5, 5.41) is 0. The van der Waals surface area contributed by atoms with Crippen LogP contribution in [-0.2, 0) is 19.9 Å². The van der Waals surface area contributed by atoms with Crippen molar-refractivity contribution in [3.63, 3.8) is 0 Å². The van der Waals surface area contributed by atoms with Gasteiger partial charge in [-0.1, -0.05) is 18.2 Å². The van der Waals surface area contributed by atoms with E-state index in [1.807, 2.05) is 0 Å². The minimum absolute atomic E-state index is 1.23.